The first-order valence-corrected chi connectivity index (χ1v) is 4.03. The summed E-state index contributed by atoms with van der Waals surface area (Å²) in [6, 6.07) is 1.83. The monoisotopic (exact) mass is 125 g/mol. The van der Waals surface area contributed by atoms with Gasteiger partial charge in [0.15, 0.2) is 0 Å². The van der Waals surface area contributed by atoms with Gasteiger partial charge < -0.3 is 5.32 Å². The number of rotatable bonds is 0. The fraction of sp³-hybridized carbons (Fsp3) is 1.00. The van der Waals surface area contributed by atoms with Gasteiger partial charge in [-0.25, -0.2) is 0 Å². The second kappa shape index (κ2) is 1.72. The van der Waals surface area contributed by atoms with Crippen molar-refractivity contribution < 1.29 is 0 Å². The summed E-state index contributed by atoms with van der Waals surface area (Å²) in [7, 11) is 0. The topological polar surface area (TPSA) is 21.9 Å². The molecule has 9 heavy (non-hydrogen) atoms. The molecule has 0 amide bonds. The van der Waals surface area contributed by atoms with Crippen molar-refractivity contribution >= 4 is 0 Å². The third-order valence-electron chi connectivity index (χ3n) is 3.03. The fourth-order valence-corrected chi connectivity index (χ4v) is 1.95. The second-order valence-electron chi connectivity index (χ2n) is 3.81. The maximum Gasteiger partial charge on any atom is 0.0227 e. The Kier molecular flexibility index (Phi) is 1.10. The Balaban J connectivity index is 1.98. The lowest BCUT2D eigenvalue weighted by Crippen LogP contribution is -2.19. The average Bonchev–Trinajstić information content (AvgIpc) is 2.46. The van der Waals surface area contributed by atoms with E-state index in [0.29, 0.717) is 0 Å². The van der Waals surface area contributed by atoms with E-state index >= 15 is 0 Å². The van der Waals surface area contributed by atoms with Gasteiger partial charge in [-0.15, -0.1) is 0 Å². The number of hydrogen-bond donors (Lipinski definition) is 1. The molecule has 0 bridgehead atoms. The van der Waals surface area contributed by atoms with Crippen LogP contribution in [0.15, 0.2) is 0 Å². The summed E-state index contributed by atoms with van der Waals surface area (Å²) >= 11 is 0. The summed E-state index contributed by atoms with van der Waals surface area (Å²) in [5.41, 5.74) is 0. The molecule has 0 aromatic carbocycles. The number of nitrogens with one attached hydrogen (secondary N) is 1. The fourth-order valence-electron chi connectivity index (χ4n) is 1.95. The minimum Gasteiger partial charge on any atom is -0.308 e. The van der Waals surface area contributed by atoms with E-state index in [2.05, 4.69) is 19.2 Å². The lowest BCUT2D eigenvalue weighted by atomic mass is 9.82. The van der Waals surface area contributed by atoms with E-state index in [-0.39, 0.29) is 0 Å². The molecular weight excluding hydrogens is 110 g/mol. The molecular formula is C8H15N. The van der Waals surface area contributed by atoms with Gasteiger partial charge in [0.2, 0.25) is 0 Å². The highest BCUT2D eigenvalue weighted by molar-refractivity contribution is 5.03. The zero-order valence-electron chi connectivity index (χ0n) is 6.22. The highest BCUT2D eigenvalue weighted by atomic mass is 15.2. The zero-order chi connectivity index (χ0) is 6.43. The molecule has 4 unspecified atom stereocenters. The maximum atomic E-state index is 3.49. The molecule has 1 heteroatoms. The van der Waals surface area contributed by atoms with Crippen LogP contribution >= 0.6 is 0 Å². The first-order chi connectivity index (χ1) is 4.27. The molecule has 2 aliphatic rings. The molecule has 0 aromatic rings. The van der Waals surface area contributed by atoms with Crippen molar-refractivity contribution in [3.05, 3.63) is 0 Å². The molecule has 1 aliphatic carbocycles. The highest BCUT2D eigenvalue weighted by Gasteiger charge is 2.42. The quantitative estimate of drug-likeness (QED) is 0.485. The minimum atomic E-state index is 0.913. The van der Waals surface area contributed by atoms with Crippen LogP contribution in [-0.2, 0) is 0 Å². The lowest BCUT2D eigenvalue weighted by Gasteiger charge is -2.22. The van der Waals surface area contributed by atoms with Gasteiger partial charge in [0.1, 0.15) is 0 Å². The standard InChI is InChI=1S/C8H15N/c1-5-3-7-8(9-7)4-6(5)2/h5-9H,3-4H2,1-2H3. The van der Waals surface area contributed by atoms with Crippen molar-refractivity contribution in [2.24, 2.45) is 11.8 Å². The largest absolute Gasteiger partial charge is 0.308 e. The molecule has 0 aromatic heterocycles. The summed E-state index contributed by atoms with van der Waals surface area (Å²) in [4.78, 5) is 0. The van der Waals surface area contributed by atoms with Gasteiger partial charge in [-0.3, -0.25) is 0 Å². The molecule has 1 heterocycles. The molecule has 1 saturated carbocycles. The van der Waals surface area contributed by atoms with Gasteiger partial charge in [-0.05, 0) is 24.7 Å². The van der Waals surface area contributed by atoms with Gasteiger partial charge in [-0.2, -0.15) is 0 Å². The Morgan fingerprint density at radius 3 is 1.89 bits per heavy atom. The Bertz CT molecular complexity index is 108. The van der Waals surface area contributed by atoms with Crippen LogP contribution in [0.5, 0.6) is 0 Å². The summed E-state index contributed by atoms with van der Waals surface area (Å²) in [6.45, 7) is 4.75. The normalized spacial score (nSPS) is 56.7. The molecule has 1 aliphatic heterocycles. The SMILES string of the molecule is CC1CC2NC2CC1C. The van der Waals surface area contributed by atoms with E-state index in [4.69, 9.17) is 0 Å². The molecule has 1 N–H and O–H groups in total. The highest BCUT2D eigenvalue weighted by Crippen LogP contribution is 2.36. The van der Waals surface area contributed by atoms with E-state index in [1.54, 1.807) is 0 Å². The zero-order valence-corrected chi connectivity index (χ0v) is 6.22. The van der Waals surface area contributed by atoms with Crippen molar-refractivity contribution in [2.75, 3.05) is 0 Å². The molecule has 52 valence electrons. The van der Waals surface area contributed by atoms with Crippen LogP contribution < -0.4 is 5.32 Å². The van der Waals surface area contributed by atoms with Crippen molar-refractivity contribution in [1.82, 2.24) is 5.32 Å². The van der Waals surface area contributed by atoms with Crippen LogP contribution in [0, 0.1) is 11.8 Å². The number of fused-ring (bicyclic) bond motifs is 1. The van der Waals surface area contributed by atoms with Gasteiger partial charge in [0.05, 0.1) is 0 Å². The molecule has 1 saturated heterocycles. The van der Waals surface area contributed by atoms with Crippen LogP contribution in [0.1, 0.15) is 26.7 Å². The van der Waals surface area contributed by atoms with E-state index < -0.39 is 0 Å². The molecule has 2 rings (SSSR count). The first kappa shape index (κ1) is 5.72. The predicted octanol–water partition coefficient (Wildman–Crippen LogP) is 1.39. The van der Waals surface area contributed by atoms with E-state index in [9.17, 15) is 0 Å². The van der Waals surface area contributed by atoms with Crippen molar-refractivity contribution in [1.29, 1.82) is 0 Å². The van der Waals surface area contributed by atoms with Gasteiger partial charge in [-0.1, -0.05) is 13.8 Å². The smallest absolute Gasteiger partial charge is 0.0227 e. The maximum absolute atomic E-state index is 3.49. The van der Waals surface area contributed by atoms with E-state index in [1.807, 2.05) is 0 Å². The van der Waals surface area contributed by atoms with Crippen LogP contribution in [0.25, 0.3) is 0 Å². The van der Waals surface area contributed by atoms with Gasteiger partial charge in [0, 0.05) is 12.1 Å². The van der Waals surface area contributed by atoms with Crippen LogP contribution in [0.2, 0.25) is 0 Å². The number of hydrogen-bond acceptors (Lipinski definition) is 1. The lowest BCUT2D eigenvalue weighted by molar-refractivity contribution is 0.309. The van der Waals surface area contributed by atoms with Gasteiger partial charge in [0.25, 0.3) is 0 Å². The third-order valence-corrected chi connectivity index (χ3v) is 3.03. The van der Waals surface area contributed by atoms with Crippen LogP contribution in [0.3, 0.4) is 0 Å². The summed E-state index contributed by atoms with van der Waals surface area (Å²) < 4.78 is 0. The summed E-state index contributed by atoms with van der Waals surface area (Å²) in [6.07, 6.45) is 2.84. The molecule has 0 spiro atoms. The molecule has 0 radical (unpaired) electrons. The Labute approximate surface area is 56.8 Å². The summed E-state index contributed by atoms with van der Waals surface area (Å²) in [5, 5.41) is 3.49. The Morgan fingerprint density at radius 2 is 1.44 bits per heavy atom. The van der Waals surface area contributed by atoms with Crippen molar-refractivity contribution in [3.8, 4) is 0 Å². The molecule has 2 fully saturated rings. The Hall–Kier alpha value is -0.0400. The average molecular weight is 125 g/mol. The Morgan fingerprint density at radius 1 is 1.00 bits per heavy atom. The first-order valence-electron chi connectivity index (χ1n) is 4.03. The van der Waals surface area contributed by atoms with Crippen LogP contribution in [0.4, 0.5) is 0 Å². The van der Waals surface area contributed by atoms with Crippen molar-refractivity contribution in [2.45, 2.75) is 38.8 Å². The van der Waals surface area contributed by atoms with Crippen LogP contribution in [-0.4, -0.2) is 12.1 Å². The van der Waals surface area contributed by atoms with Gasteiger partial charge >= 0.3 is 0 Å². The predicted molar refractivity (Wildman–Crippen MR) is 38.3 cm³/mol. The summed E-state index contributed by atoms with van der Waals surface area (Å²) in [5.74, 6) is 1.92. The third kappa shape index (κ3) is 0.877. The molecule has 1 nitrogen and oxygen atoms in total. The van der Waals surface area contributed by atoms with E-state index in [0.717, 1.165) is 23.9 Å². The second-order valence-corrected chi connectivity index (χ2v) is 3.81. The molecule has 4 atom stereocenters. The minimum absolute atomic E-state index is 0.913. The van der Waals surface area contributed by atoms with E-state index in [1.165, 1.54) is 12.8 Å². The van der Waals surface area contributed by atoms with Crippen molar-refractivity contribution in [3.63, 3.8) is 0 Å².